The smallest absolute Gasteiger partial charge is 0.303 e. The van der Waals surface area contributed by atoms with E-state index in [9.17, 15) is 19.8 Å². The molecule has 9 nitrogen and oxygen atoms in total. The van der Waals surface area contributed by atoms with E-state index in [4.69, 9.17) is 18.9 Å². The van der Waals surface area contributed by atoms with Crippen molar-refractivity contribution in [3.05, 3.63) is 0 Å². The number of amides is 1. The van der Waals surface area contributed by atoms with Crippen molar-refractivity contribution >= 4 is 11.9 Å². The van der Waals surface area contributed by atoms with E-state index in [0.29, 0.717) is 54.7 Å². The lowest BCUT2D eigenvalue weighted by Gasteiger charge is -2.59. The zero-order valence-electron chi connectivity index (χ0n) is 29.1. The predicted molar refractivity (Wildman–Crippen MR) is 170 cm³/mol. The number of carbonyl (C=O) groups excluding carboxylic acids is 2. The standard InChI is InChI=1S/C37H59NO8/c1-22(40)44-32(34(4,5)42)26-9-7-24-27(45-26)19-25-23-8-10-28-33(2,3)29(46-31-12-16-38(17-18-43-31)30(41)20-39)11-13-37(28)21-36(23,37)15-14-35(24,25)6/h23-29,31-32,39,42H,7-21H2,1-6H3/t23?,24?,25?,26?,27?,28?,29-,31?,32-,35?,36?,37?/m0/s1. The predicted octanol–water partition coefficient (Wildman–Crippen LogP) is 4.85. The van der Waals surface area contributed by atoms with Crippen molar-refractivity contribution in [1.29, 1.82) is 0 Å². The minimum Gasteiger partial charge on any atom is -0.457 e. The number of carbonyl (C=O) groups is 2. The molecule has 0 bridgehead atoms. The molecule has 2 heterocycles. The topological polar surface area (TPSA) is 115 Å². The molecule has 2 saturated heterocycles. The van der Waals surface area contributed by atoms with Crippen molar-refractivity contribution in [2.24, 2.45) is 45.3 Å². The number of hydrogen-bond donors (Lipinski definition) is 2. The number of hydrogen-bond acceptors (Lipinski definition) is 8. The largest absolute Gasteiger partial charge is 0.457 e. The van der Waals surface area contributed by atoms with Crippen LogP contribution < -0.4 is 0 Å². The molecule has 0 aromatic heterocycles. The van der Waals surface area contributed by atoms with Gasteiger partial charge in [0.25, 0.3) is 0 Å². The minimum atomic E-state index is -1.15. The van der Waals surface area contributed by atoms with Crippen molar-refractivity contribution in [3.63, 3.8) is 0 Å². The Morgan fingerprint density at radius 3 is 2.43 bits per heavy atom. The summed E-state index contributed by atoms with van der Waals surface area (Å²) < 4.78 is 25.4. The molecule has 12 atom stereocenters. The second-order valence-corrected chi connectivity index (χ2v) is 17.8. The van der Waals surface area contributed by atoms with Crippen LogP contribution in [0.1, 0.15) is 112 Å². The third-order valence-corrected chi connectivity index (χ3v) is 15.0. The molecule has 5 aliphatic carbocycles. The molecular formula is C37H59NO8. The first-order chi connectivity index (χ1) is 21.7. The van der Waals surface area contributed by atoms with Gasteiger partial charge in [0.05, 0.1) is 30.5 Å². The molecule has 9 heteroatoms. The summed E-state index contributed by atoms with van der Waals surface area (Å²) in [6.07, 6.45) is 11.5. The molecule has 7 aliphatic rings. The quantitative estimate of drug-likeness (QED) is 0.395. The molecule has 1 amide bonds. The van der Waals surface area contributed by atoms with Gasteiger partial charge in [-0.15, -0.1) is 0 Å². The third kappa shape index (κ3) is 5.02. The molecular weight excluding hydrogens is 586 g/mol. The summed E-state index contributed by atoms with van der Waals surface area (Å²) in [5.74, 6) is 1.96. The third-order valence-electron chi connectivity index (χ3n) is 15.0. The maximum atomic E-state index is 12.1. The van der Waals surface area contributed by atoms with Crippen LogP contribution in [0.3, 0.4) is 0 Å². The Labute approximate surface area is 275 Å². The van der Waals surface area contributed by atoms with Gasteiger partial charge in [-0.1, -0.05) is 20.8 Å². The number of ether oxygens (including phenoxy) is 4. The van der Waals surface area contributed by atoms with E-state index >= 15 is 0 Å². The summed E-state index contributed by atoms with van der Waals surface area (Å²) in [6.45, 7) is 13.4. The molecule has 0 aromatic rings. The zero-order chi connectivity index (χ0) is 32.9. The Hall–Kier alpha value is -1.26. The first-order valence-corrected chi connectivity index (χ1v) is 18.4. The van der Waals surface area contributed by atoms with Gasteiger partial charge >= 0.3 is 5.97 Å². The number of esters is 1. The highest BCUT2D eigenvalue weighted by Crippen LogP contribution is 2.87. The average Bonchev–Trinajstić information content (AvgIpc) is 3.64. The van der Waals surface area contributed by atoms with E-state index in [2.05, 4.69) is 20.8 Å². The lowest BCUT2D eigenvalue weighted by Crippen LogP contribution is -2.55. The first-order valence-electron chi connectivity index (χ1n) is 18.4. The number of rotatable bonds is 6. The molecule has 7 fully saturated rings. The fourth-order valence-corrected chi connectivity index (χ4v) is 13.0. The Morgan fingerprint density at radius 2 is 1.72 bits per heavy atom. The molecule has 0 aromatic carbocycles. The molecule has 7 rings (SSSR count). The van der Waals surface area contributed by atoms with Gasteiger partial charge in [-0.2, -0.15) is 0 Å². The SMILES string of the molecule is CC(=O)O[C@@H](C1CCC2C(CC3C4CCC5C(C)(C)[C@@H](OC6CCN(C(=O)CO)CCO6)CCC56CC46CCC23C)O1)C(C)(C)O. The van der Waals surface area contributed by atoms with Crippen LogP contribution in [0, 0.1) is 45.3 Å². The van der Waals surface area contributed by atoms with Crippen LogP contribution in [-0.4, -0.2) is 89.6 Å². The number of aliphatic hydroxyl groups excluding tert-OH is 1. The zero-order valence-corrected chi connectivity index (χ0v) is 29.1. The van der Waals surface area contributed by atoms with Crippen LogP contribution in [0.4, 0.5) is 0 Å². The van der Waals surface area contributed by atoms with Crippen LogP contribution >= 0.6 is 0 Å². The number of fused-ring (bicyclic) bond motifs is 4. The van der Waals surface area contributed by atoms with E-state index < -0.39 is 18.3 Å². The average molecular weight is 646 g/mol. The molecule has 10 unspecified atom stereocenters. The minimum absolute atomic E-state index is 0.0482. The molecule has 2 spiro atoms. The van der Waals surface area contributed by atoms with Crippen molar-refractivity contribution in [2.45, 2.75) is 148 Å². The van der Waals surface area contributed by atoms with Crippen molar-refractivity contribution in [2.75, 3.05) is 26.3 Å². The second kappa shape index (κ2) is 11.4. The molecule has 2 N–H and O–H groups in total. The van der Waals surface area contributed by atoms with Crippen LogP contribution in [0.25, 0.3) is 0 Å². The fraction of sp³-hybridized carbons (Fsp3) is 0.946. The van der Waals surface area contributed by atoms with E-state index in [1.54, 1.807) is 18.7 Å². The van der Waals surface area contributed by atoms with Gasteiger partial charge in [-0.25, -0.2) is 0 Å². The first kappa shape index (κ1) is 33.2. The summed E-state index contributed by atoms with van der Waals surface area (Å²) >= 11 is 0. The summed E-state index contributed by atoms with van der Waals surface area (Å²) in [6, 6.07) is 0. The second-order valence-electron chi connectivity index (χ2n) is 17.8. The summed E-state index contributed by atoms with van der Waals surface area (Å²) in [5, 5.41) is 20.2. The normalized spacial score (nSPS) is 46.8. The van der Waals surface area contributed by atoms with E-state index in [0.717, 1.165) is 31.6 Å². The van der Waals surface area contributed by atoms with E-state index in [-0.39, 0.29) is 47.3 Å². The fourth-order valence-electron chi connectivity index (χ4n) is 13.0. The van der Waals surface area contributed by atoms with Gasteiger partial charge in [-0.3, -0.25) is 9.59 Å². The Balaban J connectivity index is 1.04. The van der Waals surface area contributed by atoms with Gasteiger partial charge in [-0.05, 0) is 123 Å². The number of nitrogens with zero attached hydrogens (tertiary/aromatic N) is 1. The van der Waals surface area contributed by atoms with Gasteiger partial charge in [0.2, 0.25) is 5.91 Å². The molecule has 0 radical (unpaired) electrons. The molecule has 5 saturated carbocycles. The monoisotopic (exact) mass is 645 g/mol. The van der Waals surface area contributed by atoms with Gasteiger partial charge in [0.1, 0.15) is 6.61 Å². The lowest BCUT2D eigenvalue weighted by atomic mass is 9.46. The van der Waals surface area contributed by atoms with Gasteiger partial charge < -0.3 is 34.1 Å². The van der Waals surface area contributed by atoms with Crippen molar-refractivity contribution in [1.82, 2.24) is 4.90 Å². The number of aliphatic hydroxyl groups is 2. The van der Waals surface area contributed by atoms with Crippen LogP contribution in [0.15, 0.2) is 0 Å². The Kier molecular flexibility index (Phi) is 8.24. The molecule has 260 valence electrons. The van der Waals surface area contributed by atoms with Crippen LogP contribution in [0.5, 0.6) is 0 Å². The van der Waals surface area contributed by atoms with Gasteiger partial charge in [0, 0.05) is 26.4 Å². The summed E-state index contributed by atoms with van der Waals surface area (Å²) in [7, 11) is 0. The maximum absolute atomic E-state index is 12.1. The van der Waals surface area contributed by atoms with Crippen LogP contribution in [-0.2, 0) is 28.5 Å². The highest BCUT2D eigenvalue weighted by atomic mass is 16.7. The highest BCUT2D eigenvalue weighted by Gasteiger charge is 2.80. The molecule has 46 heavy (non-hydrogen) atoms. The summed E-state index contributed by atoms with van der Waals surface area (Å²) in [5.41, 5.74) is 0.0247. The van der Waals surface area contributed by atoms with Crippen molar-refractivity contribution < 1.29 is 38.7 Å². The van der Waals surface area contributed by atoms with E-state index in [1.165, 1.54) is 45.4 Å². The summed E-state index contributed by atoms with van der Waals surface area (Å²) in [4.78, 5) is 25.7. The Morgan fingerprint density at radius 1 is 0.957 bits per heavy atom. The van der Waals surface area contributed by atoms with Crippen LogP contribution in [0.2, 0.25) is 0 Å². The highest BCUT2D eigenvalue weighted by molar-refractivity contribution is 5.77. The van der Waals surface area contributed by atoms with E-state index in [1.807, 2.05) is 0 Å². The maximum Gasteiger partial charge on any atom is 0.303 e. The Bertz CT molecular complexity index is 1200. The van der Waals surface area contributed by atoms with Crippen molar-refractivity contribution in [3.8, 4) is 0 Å². The molecule has 2 aliphatic heterocycles. The van der Waals surface area contributed by atoms with Gasteiger partial charge in [0.15, 0.2) is 12.4 Å². The lowest BCUT2D eigenvalue weighted by molar-refractivity contribution is -0.225.